The zero-order valence-corrected chi connectivity index (χ0v) is 19.2. The van der Waals surface area contributed by atoms with Gasteiger partial charge in [-0.15, -0.1) is 0 Å². The largest absolute Gasteiger partial charge is 0.356 e. The molecule has 1 atom stereocenters. The first-order valence-electron chi connectivity index (χ1n) is 10.5. The minimum atomic E-state index is -0.155. The fraction of sp³-hybridized carbons (Fsp3) is 0.455. The van der Waals surface area contributed by atoms with Gasteiger partial charge in [-0.05, 0) is 57.2 Å². The Kier molecular flexibility index (Phi) is 5.97. The number of carbonyl (C=O) groups excluding carboxylic acids is 1. The van der Waals surface area contributed by atoms with Gasteiger partial charge in [-0.25, -0.2) is 4.98 Å². The Hall–Kier alpha value is -2.19. The van der Waals surface area contributed by atoms with Gasteiger partial charge in [0.2, 0.25) is 0 Å². The highest BCUT2D eigenvalue weighted by Gasteiger charge is 2.35. The summed E-state index contributed by atoms with van der Waals surface area (Å²) in [4.78, 5) is 35.7. The molecule has 0 bridgehead atoms. The summed E-state index contributed by atoms with van der Waals surface area (Å²) in [7, 11) is 0. The van der Waals surface area contributed by atoms with Crippen molar-refractivity contribution in [3.8, 4) is 0 Å². The first-order chi connectivity index (χ1) is 14.4. The number of rotatable bonds is 4. The summed E-state index contributed by atoms with van der Waals surface area (Å²) < 4.78 is 2.12. The van der Waals surface area contributed by atoms with Crippen molar-refractivity contribution >= 4 is 51.7 Å². The summed E-state index contributed by atoms with van der Waals surface area (Å²) in [5.41, 5.74) is 1.91. The van der Waals surface area contributed by atoms with Crippen LogP contribution in [0.15, 0.2) is 28.0 Å². The maximum absolute atomic E-state index is 13.5. The molecule has 0 aliphatic carbocycles. The number of hydrogen-bond donors (Lipinski definition) is 0. The standard InChI is InChI=1S/C22H26N4O2S2/c1-4-15(3)26-21(28)17(30-22(26)29)12-16-19(24-10-6-5-7-11-24)23-18-9-8-14(2)13-25(18)20(16)27/h8-9,12-13,15H,4-7,10-11H2,1-3H3/b17-12+. The Morgan fingerprint density at radius 1 is 1.23 bits per heavy atom. The van der Waals surface area contributed by atoms with Gasteiger partial charge < -0.3 is 4.90 Å². The smallest absolute Gasteiger partial charge is 0.267 e. The highest BCUT2D eigenvalue weighted by molar-refractivity contribution is 8.26. The monoisotopic (exact) mass is 442 g/mol. The molecule has 6 nitrogen and oxygen atoms in total. The van der Waals surface area contributed by atoms with Crippen molar-refractivity contribution in [2.75, 3.05) is 18.0 Å². The maximum atomic E-state index is 13.5. The third-order valence-corrected chi connectivity index (χ3v) is 7.10. The molecule has 2 aliphatic rings. The second kappa shape index (κ2) is 8.51. The van der Waals surface area contributed by atoms with E-state index in [2.05, 4.69) is 4.90 Å². The van der Waals surface area contributed by atoms with Crippen LogP contribution in [-0.4, -0.2) is 43.6 Å². The summed E-state index contributed by atoms with van der Waals surface area (Å²) in [5, 5.41) is 0. The van der Waals surface area contributed by atoms with Crippen LogP contribution >= 0.6 is 24.0 Å². The molecule has 30 heavy (non-hydrogen) atoms. The minimum Gasteiger partial charge on any atom is -0.356 e. The molecule has 1 unspecified atom stereocenters. The third-order valence-electron chi connectivity index (χ3n) is 5.77. The number of pyridine rings is 1. The van der Waals surface area contributed by atoms with Gasteiger partial charge in [0.25, 0.3) is 11.5 Å². The molecule has 0 spiro atoms. The normalized spacial score (nSPS) is 19.9. The number of aryl methyl sites for hydroxylation is 1. The average molecular weight is 443 g/mol. The molecule has 0 radical (unpaired) electrons. The van der Waals surface area contributed by atoms with Crippen LogP contribution in [0, 0.1) is 6.92 Å². The Balaban J connectivity index is 1.87. The molecule has 0 saturated carbocycles. The third kappa shape index (κ3) is 3.78. The Labute approximate surface area is 186 Å². The predicted molar refractivity (Wildman–Crippen MR) is 127 cm³/mol. The van der Waals surface area contributed by atoms with Gasteiger partial charge in [-0.2, -0.15) is 0 Å². The topological polar surface area (TPSA) is 57.9 Å². The summed E-state index contributed by atoms with van der Waals surface area (Å²) >= 11 is 6.72. The van der Waals surface area contributed by atoms with E-state index in [0.29, 0.717) is 26.3 Å². The van der Waals surface area contributed by atoms with E-state index in [1.165, 1.54) is 18.2 Å². The molecule has 0 aromatic carbocycles. The lowest BCUT2D eigenvalue weighted by molar-refractivity contribution is -0.123. The van der Waals surface area contributed by atoms with Gasteiger partial charge >= 0.3 is 0 Å². The number of carbonyl (C=O) groups is 1. The molecule has 2 aromatic heterocycles. The van der Waals surface area contributed by atoms with E-state index in [4.69, 9.17) is 17.2 Å². The van der Waals surface area contributed by atoms with E-state index in [1.54, 1.807) is 21.6 Å². The molecular weight excluding hydrogens is 416 g/mol. The molecule has 2 aromatic rings. The van der Waals surface area contributed by atoms with Crippen LogP contribution in [0.3, 0.4) is 0 Å². The quantitative estimate of drug-likeness (QED) is 0.527. The number of aromatic nitrogens is 2. The molecule has 0 N–H and O–H groups in total. The molecule has 4 heterocycles. The van der Waals surface area contributed by atoms with Crippen molar-refractivity contribution in [1.82, 2.24) is 14.3 Å². The van der Waals surface area contributed by atoms with Crippen molar-refractivity contribution in [1.29, 1.82) is 0 Å². The van der Waals surface area contributed by atoms with Crippen LogP contribution in [0.25, 0.3) is 11.7 Å². The zero-order chi connectivity index (χ0) is 21.4. The van der Waals surface area contributed by atoms with Crippen molar-refractivity contribution in [3.63, 3.8) is 0 Å². The van der Waals surface area contributed by atoms with Gasteiger partial charge in [0.1, 0.15) is 15.8 Å². The van der Waals surface area contributed by atoms with Crippen molar-refractivity contribution in [2.24, 2.45) is 0 Å². The highest BCUT2D eigenvalue weighted by Crippen LogP contribution is 2.35. The second-order valence-electron chi connectivity index (χ2n) is 7.95. The van der Waals surface area contributed by atoms with Crippen LogP contribution in [-0.2, 0) is 4.79 Å². The first kappa shape index (κ1) is 21.1. The van der Waals surface area contributed by atoms with E-state index < -0.39 is 0 Å². The molecule has 1 amide bonds. The lowest BCUT2D eigenvalue weighted by Gasteiger charge is -2.29. The van der Waals surface area contributed by atoms with E-state index in [-0.39, 0.29) is 17.5 Å². The number of hydrogen-bond acceptors (Lipinski definition) is 6. The molecule has 2 fully saturated rings. The minimum absolute atomic E-state index is 0.0310. The van der Waals surface area contributed by atoms with E-state index in [0.717, 1.165) is 37.9 Å². The SMILES string of the molecule is CCC(C)N1C(=O)/C(=C\c2c(N3CCCCC3)nc3ccc(C)cn3c2=O)SC1=S. The Morgan fingerprint density at radius 2 is 1.97 bits per heavy atom. The first-order valence-corrected chi connectivity index (χ1v) is 11.7. The molecule has 2 saturated heterocycles. The number of thioether (sulfide) groups is 1. The molecule has 8 heteroatoms. The summed E-state index contributed by atoms with van der Waals surface area (Å²) in [5.74, 6) is 0.537. The number of anilines is 1. The number of nitrogens with zero attached hydrogens (tertiary/aromatic N) is 4. The molecule has 158 valence electrons. The van der Waals surface area contributed by atoms with Crippen LogP contribution in [0.2, 0.25) is 0 Å². The average Bonchev–Trinajstić information content (AvgIpc) is 3.03. The number of fused-ring (bicyclic) bond motifs is 1. The van der Waals surface area contributed by atoms with Crippen molar-refractivity contribution < 1.29 is 4.79 Å². The van der Waals surface area contributed by atoms with Crippen LogP contribution < -0.4 is 10.5 Å². The number of thiocarbonyl (C=S) groups is 1. The van der Waals surface area contributed by atoms with E-state index in [1.807, 2.05) is 32.9 Å². The van der Waals surface area contributed by atoms with E-state index >= 15 is 0 Å². The van der Waals surface area contributed by atoms with Crippen molar-refractivity contribution in [2.45, 2.75) is 52.5 Å². The van der Waals surface area contributed by atoms with Crippen LogP contribution in [0.5, 0.6) is 0 Å². The summed E-state index contributed by atoms with van der Waals surface area (Å²) in [6, 6.07) is 3.86. The maximum Gasteiger partial charge on any atom is 0.267 e. The van der Waals surface area contributed by atoms with Gasteiger partial charge in [0.05, 0.1) is 10.5 Å². The highest BCUT2D eigenvalue weighted by atomic mass is 32.2. The molecule has 2 aliphatic heterocycles. The molecule has 4 rings (SSSR count). The van der Waals surface area contributed by atoms with Crippen LogP contribution in [0.1, 0.15) is 50.7 Å². The van der Waals surface area contributed by atoms with E-state index in [9.17, 15) is 9.59 Å². The van der Waals surface area contributed by atoms with Crippen LogP contribution in [0.4, 0.5) is 5.82 Å². The summed E-state index contributed by atoms with van der Waals surface area (Å²) in [6.07, 6.45) is 7.65. The zero-order valence-electron chi connectivity index (χ0n) is 17.6. The number of piperidine rings is 1. The Bertz CT molecular complexity index is 1100. The lowest BCUT2D eigenvalue weighted by atomic mass is 10.1. The fourth-order valence-electron chi connectivity index (χ4n) is 3.89. The lowest BCUT2D eigenvalue weighted by Crippen LogP contribution is -2.36. The molecular formula is C22H26N4O2S2. The summed E-state index contributed by atoms with van der Waals surface area (Å²) in [6.45, 7) is 7.69. The van der Waals surface area contributed by atoms with Gasteiger partial charge in [-0.1, -0.05) is 37.0 Å². The Morgan fingerprint density at radius 3 is 2.67 bits per heavy atom. The van der Waals surface area contributed by atoms with Gasteiger partial charge in [0, 0.05) is 25.3 Å². The van der Waals surface area contributed by atoms with Crippen molar-refractivity contribution in [3.05, 3.63) is 44.7 Å². The van der Waals surface area contributed by atoms with Gasteiger partial charge in [-0.3, -0.25) is 18.9 Å². The number of amides is 1. The predicted octanol–water partition coefficient (Wildman–Crippen LogP) is 3.99. The fourth-order valence-corrected chi connectivity index (χ4v) is 5.34. The second-order valence-corrected chi connectivity index (χ2v) is 9.62. The van der Waals surface area contributed by atoms with Gasteiger partial charge in [0.15, 0.2) is 0 Å².